The monoisotopic (exact) mass is 198 g/mol. The fourth-order valence-electron chi connectivity index (χ4n) is 1.84. The molecule has 0 atom stereocenters. The van der Waals surface area contributed by atoms with Gasteiger partial charge in [0.2, 0.25) is 5.88 Å². The van der Waals surface area contributed by atoms with Crippen LogP contribution in [-0.2, 0) is 0 Å². The minimum Gasteiger partial charge on any atom is -0.479 e. The van der Waals surface area contributed by atoms with Crippen molar-refractivity contribution in [3.05, 3.63) is 42.6 Å². The van der Waals surface area contributed by atoms with E-state index in [-0.39, 0.29) is 0 Å². The maximum absolute atomic E-state index is 5.26. The van der Waals surface area contributed by atoms with Crippen LogP contribution in [0, 0.1) is 0 Å². The second-order valence-corrected chi connectivity index (χ2v) is 3.37. The summed E-state index contributed by atoms with van der Waals surface area (Å²) in [6, 6.07) is 12.0. The highest BCUT2D eigenvalue weighted by Crippen LogP contribution is 2.23. The van der Waals surface area contributed by atoms with Crippen molar-refractivity contribution < 1.29 is 4.74 Å². The van der Waals surface area contributed by atoms with Crippen LogP contribution in [0.1, 0.15) is 0 Å². The van der Waals surface area contributed by atoms with Gasteiger partial charge in [-0.25, -0.2) is 4.98 Å². The quantitative estimate of drug-likeness (QED) is 0.600. The Morgan fingerprint density at radius 2 is 1.87 bits per heavy atom. The van der Waals surface area contributed by atoms with E-state index in [2.05, 4.69) is 15.5 Å². The SMILES string of the molecule is COc1nc2ccccc2n2cccc12. The van der Waals surface area contributed by atoms with Gasteiger partial charge in [-0.05, 0) is 24.3 Å². The molecule has 3 nitrogen and oxygen atoms in total. The number of methoxy groups -OCH3 is 1. The van der Waals surface area contributed by atoms with E-state index in [1.54, 1.807) is 7.11 Å². The summed E-state index contributed by atoms with van der Waals surface area (Å²) < 4.78 is 7.35. The fraction of sp³-hybridized carbons (Fsp3) is 0.0833. The van der Waals surface area contributed by atoms with Crippen LogP contribution in [0.5, 0.6) is 5.88 Å². The molecule has 0 bridgehead atoms. The molecule has 0 aliphatic carbocycles. The highest BCUT2D eigenvalue weighted by Gasteiger charge is 2.06. The van der Waals surface area contributed by atoms with Gasteiger partial charge in [0.05, 0.1) is 18.1 Å². The van der Waals surface area contributed by atoms with E-state index in [1.165, 1.54) is 0 Å². The molecule has 2 heterocycles. The number of benzene rings is 1. The molecular weight excluding hydrogens is 188 g/mol. The van der Waals surface area contributed by atoms with E-state index in [4.69, 9.17) is 4.74 Å². The lowest BCUT2D eigenvalue weighted by Gasteiger charge is -2.06. The Morgan fingerprint density at radius 3 is 2.73 bits per heavy atom. The number of para-hydroxylation sites is 2. The van der Waals surface area contributed by atoms with Gasteiger partial charge in [0.25, 0.3) is 0 Å². The zero-order valence-electron chi connectivity index (χ0n) is 8.34. The molecule has 0 unspecified atom stereocenters. The molecule has 74 valence electrons. The molecule has 0 saturated carbocycles. The van der Waals surface area contributed by atoms with Crippen LogP contribution in [0.15, 0.2) is 42.6 Å². The number of fused-ring (bicyclic) bond motifs is 3. The summed E-state index contributed by atoms with van der Waals surface area (Å²) in [5.74, 6) is 0.665. The van der Waals surface area contributed by atoms with E-state index < -0.39 is 0 Å². The summed E-state index contributed by atoms with van der Waals surface area (Å²) in [5, 5.41) is 0. The fourth-order valence-corrected chi connectivity index (χ4v) is 1.84. The van der Waals surface area contributed by atoms with Crippen molar-refractivity contribution in [1.29, 1.82) is 0 Å². The lowest BCUT2D eigenvalue weighted by atomic mass is 10.3. The van der Waals surface area contributed by atoms with Gasteiger partial charge in [-0.2, -0.15) is 0 Å². The van der Waals surface area contributed by atoms with Crippen molar-refractivity contribution in [3.63, 3.8) is 0 Å². The average Bonchev–Trinajstić information content (AvgIpc) is 2.77. The first-order chi connectivity index (χ1) is 7.40. The summed E-state index contributed by atoms with van der Waals surface area (Å²) in [6.45, 7) is 0. The minimum absolute atomic E-state index is 0.665. The van der Waals surface area contributed by atoms with E-state index >= 15 is 0 Å². The zero-order valence-corrected chi connectivity index (χ0v) is 8.34. The molecule has 0 aliphatic heterocycles. The first-order valence-electron chi connectivity index (χ1n) is 4.80. The van der Waals surface area contributed by atoms with Gasteiger partial charge in [0, 0.05) is 6.20 Å². The van der Waals surface area contributed by atoms with Crippen LogP contribution in [-0.4, -0.2) is 16.5 Å². The van der Waals surface area contributed by atoms with Crippen LogP contribution in [0.4, 0.5) is 0 Å². The van der Waals surface area contributed by atoms with E-state index in [0.717, 1.165) is 16.6 Å². The topological polar surface area (TPSA) is 26.5 Å². The summed E-state index contributed by atoms with van der Waals surface area (Å²) in [5.41, 5.74) is 3.03. The van der Waals surface area contributed by atoms with Crippen LogP contribution in [0.25, 0.3) is 16.6 Å². The van der Waals surface area contributed by atoms with E-state index in [0.29, 0.717) is 5.88 Å². The number of hydrogen-bond acceptors (Lipinski definition) is 2. The van der Waals surface area contributed by atoms with Gasteiger partial charge < -0.3 is 9.14 Å². The number of hydrogen-bond donors (Lipinski definition) is 0. The Bertz CT molecular complexity index is 628. The van der Waals surface area contributed by atoms with Gasteiger partial charge in [-0.15, -0.1) is 0 Å². The normalized spacial score (nSPS) is 11.0. The maximum Gasteiger partial charge on any atom is 0.238 e. The average molecular weight is 198 g/mol. The van der Waals surface area contributed by atoms with Crippen molar-refractivity contribution in [1.82, 2.24) is 9.38 Å². The van der Waals surface area contributed by atoms with Gasteiger partial charge in [0.15, 0.2) is 0 Å². The predicted molar refractivity (Wildman–Crippen MR) is 59.3 cm³/mol. The lowest BCUT2D eigenvalue weighted by Crippen LogP contribution is -1.94. The summed E-state index contributed by atoms with van der Waals surface area (Å²) >= 11 is 0. The number of nitrogens with zero attached hydrogens (tertiary/aromatic N) is 2. The van der Waals surface area contributed by atoms with E-state index in [1.807, 2.05) is 36.5 Å². The van der Waals surface area contributed by atoms with Crippen molar-refractivity contribution in [2.75, 3.05) is 7.11 Å². The summed E-state index contributed by atoms with van der Waals surface area (Å²) in [4.78, 5) is 4.45. The van der Waals surface area contributed by atoms with Gasteiger partial charge in [-0.1, -0.05) is 12.1 Å². The Labute approximate surface area is 86.9 Å². The second-order valence-electron chi connectivity index (χ2n) is 3.37. The van der Waals surface area contributed by atoms with Crippen LogP contribution in [0.3, 0.4) is 0 Å². The molecule has 15 heavy (non-hydrogen) atoms. The molecule has 0 N–H and O–H groups in total. The molecular formula is C12H10N2O. The Balaban J connectivity index is 2.57. The maximum atomic E-state index is 5.26. The first-order valence-corrected chi connectivity index (χ1v) is 4.80. The molecule has 0 aliphatic rings. The Kier molecular flexibility index (Phi) is 1.65. The Morgan fingerprint density at radius 1 is 1.07 bits per heavy atom. The summed E-state index contributed by atoms with van der Waals surface area (Å²) in [7, 11) is 1.64. The first kappa shape index (κ1) is 8.29. The van der Waals surface area contributed by atoms with Crippen LogP contribution < -0.4 is 4.74 Å². The molecule has 2 aromatic heterocycles. The molecule has 0 fully saturated rings. The molecule has 3 heteroatoms. The highest BCUT2D eigenvalue weighted by atomic mass is 16.5. The van der Waals surface area contributed by atoms with E-state index in [9.17, 15) is 0 Å². The minimum atomic E-state index is 0.665. The van der Waals surface area contributed by atoms with Gasteiger partial charge in [0.1, 0.15) is 5.52 Å². The van der Waals surface area contributed by atoms with Crippen LogP contribution >= 0.6 is 0 Å². The van der Waals surface area contributed by atoms with Crippen molar-refractivity contribution in [2.45, 2.75) is 0 Å². The number of aromatic nitrogens is 2. The molecule has 3 rings (SSSR count). The molecule has 0 spiro atoms. The van der Waals surface area contributed by atoms with Crippen LogP contribution in [0.2, 0.25) is 0 Å². The zero-order chi connectivity index (χ0) is 10.3. The summed E-state index contributed by atoms with van der Waals surface area (Å²) in [6.07, 6.45) is 2.02. The standard InChI is InChI=1S/C12H10N2O/c1-15-12-11-7-4-8-14(11)10-6-3-2-5-9(10)13-12/h2-8H,1H3. The van der Waals surface area contributed by atoms with Gasteiger partial charge >= 0.3 is 0 Å². The van der Waals surface area contributed by atoms with Crippen molar-refractivity contribution in [3.8, 4) is 5.88 Å². The molecule has 1 aromatic carbocycles. The molecule has 0 radical (unpaired) electrons. The molecule has 0 amide bonds. The highest BCUT2D eigenvalue weighted by molar-refractivity contribution is 5.80. The predicted octanol–water partition coefficient (Wildman–Crippen LogP) is 2.50. The lowest BCUT2D eigenvalue weighted by molar-refractivity contribution is 0.403. The smallest absolute Gasteiger partial charge is 0.238 e. The van der Waals surface area contributed by atoms with Gasteiger partial charge in [-0.3, -0.25) is 0 Å². The third-order valence-corrected chi connectivity index (χ3v) is 2.52. The third-order valence-electron chi connectivity index (χ3n) is 2.52. The second kappa shape index (κ2) is 2.98. The number of rotatable bonds is 1. The Hall–Kier alpha value is -2.03. The third kappa shape index (κ3) is 1.09. The largest absolute Gasteiger partial charge is 0.479 e. The number of ether oxygens (including phenoxy) is 1. The molecule has 0 saturated heterocycles. The van der Waals surface area contributed by atoms with Crippen molar-refractivity contribution >= 4 is 16.6 Å². The van der Waals surface area contributed by atoms with Crippen molar-refractivity contribution in [2.24, 2.45) is 0 Å². The molecule has 3 aromatic rings.